The maximum atomic E-state index is 12.4. The van der Waals surface area contributed by atoms with Crippen LogP contribution in [0.25, 0.3) is 11.0 Å². The first-order chi connectivity index (χ1) is 15.5. The van der Waals surface area contributed by atoms with Gasteiger partial charge in [0.15, 0.2) is 11.4 Å². The Kier molecular flexibility index (Phi) is 5.64. The highest BCUT2D eigenvalue weighted by atomic mass is 16.5. The van der Waals surface area contributed by atoms with Gasteiger partial charge in [0, 0.05) is 46.2 Å². The van der Waals surface area contributed by atoms with E-state index in [1.807, 2.05) is 23.1 Å². The minimum Gasteiger partial charge on any atom is -0.354 e. The molecular weight excluding hydrogens is 400 g/mol. The first-order valence-electron chi connectivity index (χ1n) is 11.7. The van der Waals surface area contributed by atoms with E-state index in [1.54, 1.807) is 6.92 Å². The lowest BCUT2D eigenvalue weighted by Gasteiger charge is -2.37. The average molecular weight is 433 g/mol. The maximum Gasteiger partial charge on any atom is 0.223 e. The summed E-state index contributed by atoms with van der Waals surface area (Å²) in [6.45, 7) is 11.9. The predicted molar refractivity (Wildman–Crippen MR) is 129 cm³/mol. The number of hydrogen-bond acceptors (Lipinski definition) is 5. The van der Waals surface area contributed by atoms with Crippen molar-refractivity contribution in [1.82, 2.24) is 10.1 Å². The standard InChI is InChI=1S/C26H32N4O2/c1-18-8-9-21(25-24(18)19(2)10-13-30(25)20(3)31)11-12-28-14-16-29(17-15-28)26-22-6-4-5-7-23(22)32-27-26/h4-9,19H,10-17H2,1-3H3. The molecule has 3 aromatic rings. The molecule has 168 valence electrons. The van der Waals surface area contributed by atoms with E-state index in [-0.39, 0.29) is 5.91 Å². The molecule has 0 saturated carbocycles. The molecule has 1 atom stereocenters. The van der Waals surface area contributed by atoms with E-state index in [1.165, 1.54) is 22.4 Å². The zero-order valence-corrected chi connectivity index (χ0v) is 19.3. The molecule has 1 saturated heterocycles. The number of anilines is 2. The summed E-state index contributed by atoms with van der Waals surface area (Å²) in [6.07, 6.45) is 2.00. The second kappa shape index (κ2) is 8.58. The topological polar surface area (TPSA) is 52.8 Å². The van der Waals surface area contributed by atoms with Crippen molar-refractivity contribution in [3.63, 3.8) is 0 Å². The van der Waals surface area contributed by atoms with Gasteiger partial charge in [-0.25, -0.2) is 0 Å². The molecule has 6 heteroatoms. The van der Waals surface area contributed by atoms with Crippen molar-refractivity contribution >= 4 is 28.4 Å². The highest BCUT2D eigenvalue weighted by molar-refractivity contribution is 5.94. The van der Waals surface area contributed by atoms with Gasteiger partial charge in [-0.15, -0.1) is 0 Å². The van der Waals surface area contributed by atoms with Crippen molar-refractivity contribution in [2.75, 3.05) is 49.1 Å². The van der Waals surface area contributed by atoms with Gasteiger partial charge < -0.3 is 14.3 Å². The average Bonchev–Trinajstić information content (AvgIpc) is 3.23. The first-order valence-corrected chi connectivity index (χ1v) is 11.7. The summed E-state index contributed by atoms with van der Waals surface area (Å²) in [5.74, 6) is 1.61. The molecule has 0 bridgehead atoms. The van der Waals surface area contributed by atoms with Gasteiger partial charge in [0.2, 0.25) is 5.91 Å². The monoisotopic (exact) mass is 432 g/mol. The van der Waals surface area contributed by atoms with Crippen LogP contribution in [-0.2, 0) is 11.2 Å². The Morgan fingerprint density at radius 1 is 1.09 bits per heavy atom. The summed E-state index contributed by atoms with van der Waals surface area (Å²) in [6, 6.07) is 12.5. The molecule has 5 rings (SSSR count). The Bertz CT molecular complexity index is 1130. The number of hydrogen-bond donors (Lipinski definition) is 0. The molecule has 1 fully saturated rings. The van der Waals surface area contributed by atoms with Gasteiger partial charge >= 0.3 is 0 Å². The quantitative estimate of drug-likeness (QED) is 0.613. The first kappa shape index (κ1) is 21.0. The van der Waals surface area contributed by atoms with Gasteiger partial charge in [-0.2, -0.15) is 0 Å². The Hall–Kier alpha value is -2.86. The number of aryl methyl sites for hydroxylation is 1. The smallest absolute Gasteiger partial charge is 0.223 e. The van der Waals surface area contributed by atoms with Gasteiger partial charge in [0.25, 0.3) is 0 Å². The fraction of sp³-hybridized carbons (Fsp3) is 0.462. The molecule has 1 amide bonds. The van der Waals surface area contributed by atoms with Crippen LogP contribution in [0.1, 0.15) is 42.9 Å². The van der Waals surface area contributed by atoms with E-state index in [0.717, 1.165) is 68.9 Å². The van der Waals surface area contributed by atoms with Crippen LogP contribution < -0.4 is 9.80 Å². The Balaban J connectivity index is 1.27. The number of amides is 1. The molecule has 0 radical (unpaired) electrons. The maximum absolute atomic E-state index is 12.4. The lowest BCUT2D eigenvalue weighted by atomic mass is 9.85. The van der Waals surface area contributed by atoms with Crippen molar-refractivity contribution in [1.29, 1.82) is 0 Å². The third-order valence-corrected chi connectivity index (χ3v) is 7.17. The zero-order valence-electron chi connectivity index (χ0n) is 19.3. The molecule has 2 aromatic carbocycles. The third kappa shape index (κ3) is 3.77. The fourth-order valence-corrected chi connectivity index (χ4v) is 5.35. The highest BCUT2D eigenvalue weighted by Crippen LogP contribution is 2.40. The Labute approximate surface area is 189 Å². The molecule has 3 heterocycles. The largest absolute Gasteiger partial charge is 0.354 e. The van der Waals surface area contributed by atoms with E-state index in [2.05, 4.69) is 47.0 Å². The molecule has 6 nitrogen and oxygen atoms in total. The van der Waals surface area contributed by atoms with Crippen LogP contribution in [0.2, 0.25) is 0 Å². The molecule has 0 aliphatic carbocycles. The summed E-state index contributed by atoms with van der Waals surface area (Å²) in [7, 11) is 0. The van der Waals surface area contributed by atoms with E-state index in [0.29, 0.717) is 5.92 Å². The van der Waals surface area contributed by atoms with E-state index in [9.17, 15) is 4.79 Å². The second-order valence-corrected chi connectivity index (χ2v) is 9.25. The Morgan fingerprint density at radius 2 is 1.88 bits per heavy atom. The number of rotatable bonds is 4. The number of para-hydroxylation sites is 1. The molecule has 2 aliphatic heterocycles. The lowest BCUT2D eigenvalue weighted by Crippen LogP contribution is -2.47. The molecule has 32 heavy (non-hydrogen) atoms. The normalized spacial score (nSPS) is 19.4. The summed E-state index contributed by atoms with van der Waals surface area (Å²) >= 11 is 0. The lowest BCUT2D eigenvalue weighted by molar-refractivity contribution is -0.116. The van der Waals surface area contributed by atoms with Crippen LogP contribution in [0.3, 0.4) is 0 Å². The van der Waals surface area contributed by atoms with Crippen LogP contribution in [0.15, 0.2) is 40.9 Å². The van der Waals surface area contributed by atoms with E-state index >= 15 is 0 Å². The van der Waals surface area contributed by atoms with Crippen molar-refractivity contribution in [3.05, 3.63) is 53.1 Å². The van der Waals surface area contributed by atoms with Crippen LogP contribution in [0.5, 0.6) is 0 Å². The molecular formula is C26H32N4O2. The van der Waals surface area contributed by atoms with Gasteiger partial charge in [0.05, 0.1) is 11.1 Å². The van der Waals surface area contributed by atoms with Crippen molar-refractivity contribution in [2.24, 2.45) is 0 Å². The minimum absolute atomic E-state index is 0.151. The van der Waals surface area contributed by atoms with Crippen LogP contribution in [0, 0.1) is 6.92 Å². The zero-order chi connectivity index (χ0) is 22.2. The van der Waals surface area contributed by atoms with Gasteiger partial charge in [0.1, 0.15) is 0 Å². The molecule has 0 spiro atoms. The summed E-state index contributed by atoms with van der Waals surface area (Å²) < 4.78 is 5.50. The molecule has 1 aromatic heterocycles. The SMILES string of the molecule is CC(=O)N1CCC(C)c2c(C)ccc(CCN3CCN(c4noc5ccccc45)CC3)c21. The van der Waals surface area contributed by atoms with Crippen LogP contribution >= 0.6 is 0 Å². The summed E-state index contributed by atoms with van der Waals surface area (Å²) in [5.41, 5.74) is 6.00. The highest BCUT2D eigenvalue weighted by Gasteiger charge is 2.29. The number of carbonyl (C=O) groups excluding carboxylic acids is 1. The van der Waals surface area contributed by atoms with Gasteiger partial charge in [-0.3, -0.25) is 9.69 Å². The molecule has 2 aliphatic rings. The predicted octanol–water partition coefficient (Wildman–Crippen LogP) is 4.36. The minimum atomic E-state index is 0.151. The summed E-state index contributed by atoms with van der Waals surface area (Å²) in [5, 5.41) is 5.41. The Morgan fingerprint density at radius 3 is 2.66 bits per heavy atom. The van der Waals surface area contributed by atoms with Crippen LogP contribution in [-0.4, -0.2) is 55.2 Å². The second-order valence-electron chi connectivity index (χ2n) is 9.25. The number of piperazine rings is 1. The van der Waals surface area contributed by atoms with Crippen molar-refractivity contribution < 1.29 is 9.32 Å². The van der Waals surface area contributed by atoms with Gasteiger partial charge in [-0.1, -0.05) is 36.3 Å². The number of aromatic nitrogens is 1. The molecule has 0 N–H and O–H groups in total. The van der Waals surface area contributed by atoms with E-state index in [4.69, 9.17) is 4.52 Å². The number of carbonyl (C=O) groups is 1. The summed E-state index contributed by atoms with van der Waals surface area (Å²) in [4.78, 5) is 19.2. The third-order valence-electron chi connectivity index (χ3n) is 7.17. The van der Waals surface area contributed by atoms with E-state index < -0.39 is 0 Å². The number of fused-ring (bicyclic) bond motifs is 2. The van der Waals surface area contributed by atoms with Crippen molar-refractivity contribution in [2.45, 2.75) is 39.5 Å². The fourth-order valence-electron chi connectivity index (χ4n) is 5.35. The number of nitrogens with zero attached hydrogens (tertiary/aromatic N) is 4. The van der Waals surface area contributed by atoms with Crippen molar-refractivity contribution in [3.8, 4) is 0 Å². The molecule has 1 unspecified atom stereocenters. The van der Waals surface area contributed by atoms with Crippen LogP contribution in [0.4, 0.5) is 11.5 Å². The van der Waals surface area contributed by atoms with Gasteiger partial charge in [-0.05, 0) is 54.5 Å². The number of benzene rings is 2.